The van der Waals surface area contributed by atoms with Gasteiger partial charge in [-0.25, -0.2) is 0 Å². The third kappa shape index (κ3) is 6.26. The van der Waals surface area contributed by atoms with Crippen molar-refractivity contribution in [1.29, 1.82) is 0 Å². The van der Waals surface area contributed by atoms with Crippen LogP contribution < -0.4 is 10.6 Å². The SMILES string of the molecule is CNC(=O)[C@@H](Cc1c[nH]c2ccccc12)NC(=O)[C@H](CC(C)C)[C@@H](S)CC(=O)OC. The fourth-order valence-electron chi connectivity index (χ4n) is 3.53. The maximum atomic E-state index is 13.1. The van der Waals surface area contributed by atoms with Gasteiger partial charge in [0.15, 0.2) is 0 Å². The zero-order valence-corrected chi connectivity index (χ0v) is 18.8. The first kappa shape index (κ1) is 23.8. The van der Waals surface area contributed by atoms with Gasteiger partial charge in [0.25, 0.3) is 0 Å². The third-order valence-corrected chi connectivity index (χ3v) is 5.65. The molecule has 2 rings (SSSR count). The Morgan fingerprint density at radius 2 is 1.87 bits per heavy atom. The van der Waals surface area contributed by atoms with Crippen LogP contribution in [0.25, 0.3) is 10.9 Å². The highest BCUT2D eigenvalue weighted by atomic mass is 32.1. The van der Waals surface area contributed by atoms with Gasteiger partial charge in [0.05, 0.1) is 19.4 Å². The van der Waals surface area contributed by atoms with E-state index in [1.54, 1.807) is 7.05 Å². The number of carbonyl (C=O) groups is 3. The highest BCUT2D eigenvalue weighted by Crippen LogP contribution is 2.24. The molecule has 1 heterocycles. The molecule has 0 aliphatic rings. The molecule has 0 saturated carbocycles. The second-order valence-electron chi connectivity index (χ2n) is 7.82. The average molecular weight is 434 g/mol. The zero-order chi connectivity index (χ0) is 22.3. The van der Waals surface area contributed by atoms with Crippen LogP contribution in [0.4, 0.5) is 0 Å². The van der Waals surface area contributed by atoms with E-state index in [4.69, 9.17) is 4.74 Å². The van der Waals surface area contributed by atoms with Gasteiger partial charge >= 0.3 is 5.97 Å². The van der Waals surface area contributed by atoms with E-state index >= 15 is 0 Å². The van der Waals surface area contributed by atoms with Gasteiger partial charge in [0, 0.05) is 35.8 Å². The van der Waals surface area contributed by atoms with Crippen LogP contribution in [0.15, 0.2) is 30.5 Å². The lowest BCUT2D eigenvalue weighted by molar-refractivity contribution is -0.141. The number of rotatable bonds is 10. The first-order valence-corrected chi connectivity index (χ1v) is 10.6. The van der Waals surface area contributed by atoms with E-state index in [1.165, 1.54) is 7.11 Å². The summed E-state index contributed by atoms with van der Waals surface area (Å²) < 4.78 is 4.72. The van der Waals surface area contributed by atoms with Crippen LogP contribution in [0.5, 0.6) is 0 Å². The van der Waals surface area contributed by atoms with Crippen molar-refractivity contribution >= 4 is 41.3 Å². The lowest BCUT2D eigenvalue weighted by Crippen LogP contribution is -2.50. The molecule has 2 amide bonds. The predicted octanol–water partition coefficient (Wildman–Crippen LogP) is 2.46. The van der Waals surface area contributed by atoms with Gasteiger partial charge in [-0.2, -0.15) is 12.6 Å². The summed E-state index contributed by atoms with van der Waals surface area (Å²) in [5.41, 5.74) is 1.91. The molecule has 0 bridgehead atoms. The number of H-pyrrole nitrogens is 1. The molecule has 3 N–H and O–H groups in total. The van der Waals surface area contributed by atoms with Gasteiger partial charge < -0.3 is 20.4 Å². The maximum absolute atomic E-state index is 13.1. The Balaban J connectivity index is 2.20. The average Bonchev–Trinajstić information content (AvgIpc) is 3.13. The zero-order valence-electron chi connectivity index (χ0n) is 17.9. The number of esters is 1. The number of benzene rings is 1. The van der Waals surface area contributed by atoms with E-state index in [0.717, 1.165) is 16.5 Å². The van der Waals surface area contributed by atoms with Gasteiger partial charge in [-0.1, -0.05) is 32.0 Å². The van der Waals surface area contributed by atoms with E-state index in [9.17, 15) is 14.4 Å². The third-order valence-electron chi connectivity index (χ3n) is 5.11. The Hall–Kier alpha value is -2.48. The summed E-state index contributed by atoms with van der Waals surface area (Å²) in [6.07, 6.45) is 2.77. The van der Waals surface area contributed by atoms with E-state index in [-0.39, 0.29) is 24.2 Å². The molecule has 0 fully saturated rings. The molecule has 0 aliphatic carbocycles. The summed E-state index contributed by atoms with van der Waals surface area (Å²) in [4.78, 5) is 40.5. The van der Waals surface area contributed by atoms with Crippen molar-refractivity contribution in [2.75, 3.05) is 14.2 Å². The van der Waals surface area contributed by atoms with Gasteiger partial charge in [0.1, 0.15) is 6.04 Å². The summed E-state index contributed by atoms with van der Waals surface area (Å²) in [6.45, 7) is 4.00. The minimum Gasteiger partial charge on any atom is -0.469 e. The summed E-state index contributed by atoms with van der Waals surface area (Å²) in [7, 11) is 2.85. The van der Waals surface area contributed by atoms with Crippen LogP contribution in [-0.2, 0) is 25.5 Å². The molecular weight excluding hydrogens is 402 g/mol. The number of hydrogen-bond donors (Lipinski definition) is 4. The molecule has 0 radical (unpaired) electrons. The minimum absolute atomic E-state index is 0.0253. The molecular formula is C22H31N3O4S. The van der Waals surface area contributed by atoms with E-state index in [1.807, 2.05) is 44.3 Å². The van der Waals surface area contributed by atoms with Gasteiger partial charge in [-0.3, -0.25) is 14.4 Å². The smallest absolute Gasteiger partial charge is 0.306 e. The first-order chi connectivity index (χ1) is 14.3. The number of thiol groups is 1. The Kier molecular flexibility index (Phi) is 8.77. The molecule has 7 nitrogen and oxygen atoms in total. The Morgan fingerprint density at radius 3 is 2.50 bits per heavy atom. The maximum Gasteiger partial charge on any atom is 0.306 e. The summed E-state index contributed by atoms with van der Waals surface area (Å²) in [5.74, 6) is -1.29. The van der Waals surface area contributed by atoms with Crippen LogP contribution in [0.3, 0.4) is 0 Å². The molecule has 0 saturated heterocycles. The van der Waals surface area contributed by atoms with E-state index in [0.29, 0.717) is 12.8 Å². The second-order valence-corrected chi connectivity index (χ2v) is 8.49. The Bertz CT molecular complexity index is 880. The monoisotopic (exact) mass is 433 g/mol. The topological polar surface area (TPSA) is 100 Å². The largest absolute Gasteiger partial charge is 0.469 e. The number of fused-ring (bicyclic) bond motifs is 1. The van der Waals surface area contributed by atoms with Crippen LogP contribution in [0.1, 0.15) is 32.3 Å². The molecule has 164 valence electrons. The van der Waals surface area contributed by atoms with Crippen molar-refractivity contribution in [2.45, 2.75) is 44.4 Å². The fraction of sp³-hybridized carbons (Fsp3) is 0.500. The molecule has 3 atom stereocenters. The molecule has 2 aromatic rings. The van der Waals surface area contributed by atoms with Crippen LogP contribution in [-0.4, -0.2) is 48.2 Å². The molecule has 1 aromatic heterocycles. The number of likely N-dealkylation sites (N-methyl/N-ethyl adjacent to an activating group) is 1. The van der Waals surface area contributed by atoms with Crippen molar-refractivity contribution in [3.8, 4) is 0 Å². The lowest BCUT2D eigenvalue weighted by Gasteiger charge is -2.26. The molecule has 0 aliphatic heterocycles. The van der Waals surface area contributed by atoms with Gasteiger partial charge in [-0.05, 0) is 24.0 Å². The van der Waals surface area contributed by atoms with E-state index < -0.39 is 23.2 Å². The fourth-order valence-corrected chi connectivity index (χ4v) is 3.93. The molecule has 0 spiro atoms. The first-order valence-electron chi connectivity index (χ1n) is 10.1. The summed E-state index contributed by atoms with van der Waals surface area (Å²) >= 11 is 4.50. The number of aromatic nitrogens is 1. The predicted molar refractivity (Wildman–Crippen MR) is 120 cm³/mol. The number of aromatic amines is 1. The summed E-state index contributed by atoms with van der Waals surface area (Å²) in [6, 6.07) is 7.07. The van der Waals surface area contributed by atoms with Gasteiger partial charge in [0.2, 0.25) is 11.8 Å². The highest BCUT2D eigenvalue weighted by molar-refractivity contribution is 7.81. The highest BCUT2D eigenvalue weighted by Gasteiger charge is 2.31. The number of para-hydroxylation sites is 1. The Labute approximate surface area is 182 Å². The van der Waals surface area contributed by atoms with E-state index in [2.05, 4.69) is 28.2 Å². The number of carbonyl (C=O) groups excluding carboxylic acids is 3. The Morgan fingerprint density at radius 1 is 1.17 bits per heavy atom. The van der Waals surface area contributed by atoms with Crippen molar-refractivity contribution < 1.29 is 19.1 Å². The van der Waals surface area contributed by atoms with Crippen molar-refractivity contribution in [3.05, 3.63) is 36.0 Å². The van der Waals surface area contributed by atoms with Crippen LogP contribution in [0, 0.1) is 11.8 Å². The number of hydrogen-bond acceptors (Lipinski definition) is 5. The molecule has 30 heavy (non-hydrogen) atoms. The van der Waals surface area contributed by atoms with Crippen molar-refractivity contribution in [3.63, 3.8) is 0 Å². The molecule has 1 aromatic carbocycles. The van der Waals surface area contributed by atoms with Crippen molar-refractivity contribution in [2.24, 2.45) is 11.8 Å². The van der Waals surface area contributed by atoms with Crippen molar-refractivity contribution in [1.82, 2.24) is 15.6 Å². The number of nitrogens with one attached hydrogen (secondary N) is 3. The normalized spacial score (nSPS) is 14.2. The number of amides is 2. The molecule has 8 heteroatoms. The number of methoxy groups -OCH3 is 1. The van der Waals surface area contributed by atoms with Crippen LogP contribution in [0.2, 0.25) is 0 Å². The van der Waals surface area contributed by atoms with Gasteiger partial charge in [-0.15, -0.1) is 0 Å². The standard InChI is InChI=1S/C22H31N3O4S/c1-13(2)9-16(19(30)11-20(26)29-4)21(27)25-18(22(28)23-3)10-14-12-24-17-8-6-5-7-15(14)17/h5-8,12-13,16,18-19,24,30H,9-11H2,1-4H3,(H,23,28)(H,25,27)/t16-,18-,19+/m1/s1. The minimum atomic E-state index is -0.741. The van der Waals surface area contributed by atoms with Crippen LogP contribution >= 0.6 is 12.6 Å². The number of ether oxygens (including phenoxy) is 1. The summed E-state index contributed by atoms with van der Waals surface area (Å²) in [5, 5.41) is 6.02. The molecule has 0 unspecified atom stereocenters. The quantitative estimate of drug-likeness (QED) is 0.342. The lowest BCUT2D eigenvalue weighted by atomic mass is 9.91. The second kappa shape index (κ2) is 11.1.